The van der Waals surface area contributed by atoms with Crippen molar-refractivity contribution in [2.45, 2.75) is 20.1 Å². The second-order valence-corrected chi connectivity index (χ2v) is 6.65. The minimum absolute atomic E-state index is 0.442. The molecule has 2 aromatic carbocycles. The summed E-state index contributed by atoms with van der Waals surface area (Å²) in [6.45, 7) is 3.66. The molecule has 130 valence electrons. The van der Waals surface area contributed by atoms with E-state index in [4.69, 9.17) is 21.1 Å². The van der Waals surface area contributed by atoms with Crippen LogP contribution in [0.5, 0.6) is 11.5 Å². The van der Waals surface area contributed by atoms with Crippen molar-refractivity contribution < 1.29 is 9.47 Å². The van der Waals surface area contributed by atoms with E-state index in [9.17, 15) is 0 Å². The van der Waals surface area contributed by atoms with Crippen LogP contribution >= 0.6 is 22.9 Å². The van der Waals surface area contributed by atoms with E-state index in [-0.39, 0.29) is 0 Å². The molecule has 0 unspecified atom stereocenters. The van der Waals surface area contributed by atoms with Crippen molar-refractivity contribution in [1.82, 2.24) is 4.98 Å². The number of nitrogens with zero attached hydrogens (tertiary/aromatic N) is 1. The van der Waals surface area contributed by atoms with Crippen LogP contribution in [0.2, 0.25) is 5.02 Å². The molecule has 3 aromatic rings. The molecule has 0 saturated carbocycles. The third kappa shape index (κ3) is 5.11. The van der Waals surface area contributed by atoms with Gasteiger partial charge >= 0.3 is 0 Å². The van der Waals surface area contributed by atoms with E-state index in [1.807, 2.05) is 54.8 Å². The lowest BCUT2D eigenvalue weighted by atomic mass is 10.2. The number of hydrogen-bond acceptors (Lipinski definition) is 5. The van der Waals surface area contributed by atoms with Gasteiger partial charge in [-0.2, -0.15) is 0 Å². The Labute approximate surface area is 156 Å². The Morgan fingerprint density at radius 1 is 1.08 bits per heavy atom. The summed E-state index contributed by atoms with van der Waals surface area (Å²) in [6, 6.07) is 13.6. The molecule has 0 atom stereocenters. The minimum Gasteiger partial charge on any atom is -0.490 e. The second kappa shape index (κ2) is 8.74. The van der Waals surface area contributed by atoms with E-state index < -0.39 is 0 Å². The smallest absolute Gasteiger partial charge is 0.182 e. The van der Waals surface area contributed by atoms with Crippen LogP contribution in [0.4, 0.5) is 5.13 Å². The van der Waals surface area contributed by atoms with E-state index in [0.29, 0.717) is 24.8 Å². The fraction of sp³-hybridized carbons (Fsp3) is 0.211. The zero-order valence-corrected chi connectivity index (χ0v) is 15.4. The monoisotopic (exact) mass is 374 g/mol. The highest BCUT2D eigenvalue weighted by atomic mass is 35.5. The van der Waals surface area contributed by atoms with Crippen molar-refractivity contribution in [3.05, 3.63) is 70.2 Å². The molecular formula is C19H19ClN2O2S. The summed E-state index contributed by atoms with van der Waals surface area (Å²) in [5, 5.41) is 6.84. The van der Waals surface area contributed by atoms with Gasteiger partial charge in [0.1, 0.15) is 6.61 Å². The third-order valence-electron chi connectivity index (χ3n) is 3.47. The van der Waals surface area contributed by atoms with Crippen molar-refractivity contribution >= 4 is 28.1 Å². The molecule has 1 aromatic heterocycles. The quantitative estimate of drug-likeness (QED) is 0.574. The Kier molecular flexibility index (Phi) is 6.14. The van der Waals surface area contributed by atoms with E-state index in [0.717, 1.165) is 27.8 Å². The number of aromatic nitrogens is 1. The van der Waals surface area contributed by atoms with Crippen LogP contribution in [-0.4, -0.2) is 11.6 Å². The molecule has 0 bridgehead atoms. The summed E-state index contributed by atoms with van der Waals surface area (Å²) in [5.74, 6) is 1.46. The number of ether oxygens (including phenoxy) is 2. The Hall–Kier alpha value is -2.24. The van der Waals surface area contributed by atoms with Crippen LogP contribution in [0.1, 0.15) is 18.1 Å². The maximum Gasteiger partial charge on any atom is 0.182 e. The van der Waals surface area contributed by atoms with Crippen LogP contribution in [0.25, 0.3) is 0 Å². The average molecular weight is 375 g/mol. The van der Waals surface area contributed by atoms with Crippen LogP contribution in [-0.2, 0) is 13.2 Å². The molecular weight excluding hydrogens is 356 g/mol. The van der Waals surface area contributed by atoms with Gasteiger partial charge < -0.3 is 14.8 Å². The predicted octanol–water partition coefficient (Wildman–Crippen LogP) is 5.39. The summed E-state index contributed by atoms with van der Waals surface area (Å²) in [6.07, 6.45) is 1.78. The first kappa shape index (κ1) is 17.6. The van der Waals surface area contributed by atoms with Gasteiger partial charge in [-0.3, -0.25) is 0 Å². The van der Waals surface area contributed by atoms with E-state index >= 15 is 0 Å². The fourth-order valence-corrected chi connectivity index (χ4v) is 3.07. The van der Waals surface area contributed by atoms with Crippen molar-refractivity contribution in [2.75, 3.05) is 11.9 Å². The summed E-state index contributed by atoms with van der Waals surface area (Å²) in [7, 11) is 0. The largest absolute Gasteiger partial charge is 0.490 e. The van der Waals surface area contributed by atoms with Gasteiger partial charge in [-0.15, -0.1) is 11.3 Å². The second-order valence-electron chi connectivity index (χ2n) is 5.32. The van der Waals surface area contributed by atoms with E-state index in [1.165, 1.54) is 0 Å². The summed E-state index contributed by atoms with van der Waals surface area (Å²) < 4.78 is 11.7. The lowest BCUT2D eigenvalue weighted by molar-refractivity contribution is 0.269. The van der Waals surface area contributed by atoms with Gasteiger partial charge in [0.05, 0.1) is 6.61 Å². The number of nitrogens with one attached hydrogen (secondary N) is 1. The molecule has 0 aliphatic heterocycles. The highest BCUT2D eigenvalue weighted by Crippen LogP contribution is 2.30. The van der Waals surface area contributed by atoms with Gasteiger partial charge in [0.25, 0.3) is 0 Å². The topological polar surface area (TPSA) is 43.4 Å². The predicted molar refractivity (Wildman–Crippen MR) is 103 cm³/mol. The maximum atomic E-state index is 6.01. The van der Waals surface area contributed by atoms with Crippen LogP contribution in [0.3, 0.4) is 0 Å². The average Bonchev–Trinajstić information content (AvgIpc) is 3.13. The van der Waals surface area contributed by atoms with E-state index in [1.54, 1.807) is 17.5 Å². The van der Waals surface area contributed by atoms with E-state index in [2.05, 4.69) is 10.3 Å². The number of thiazole rings is 1. The zero-order chi connectivity index (χ0) is 17.5. The summed E-state index contributed by atoms with van der Waals surface area (Å²) >= 11 is 7.59. The molecule has 0 fully saturated rings. The lowest BCUT2D eigenvalue weighted by Gasteiger charge is -2.14. The molecule has 1 heterocycles. The Balaban J connectivity index is 1.67. The highest BCUT2D eigenvalue weighted by Gasteiger charge is 2.08. The number of rotatable bonds is 8. The molecule has 4 nitrogen and oxygen atoms in total. The Bertz CT molecular complexity index is 809. The highest BCUT2D eigenvalue weighted by molar-refractivity contribution is 7.13. The SMILES string of the molecule is CCOc1cc(CNc2nccs2)ccc1OCc1cccc(Cl)c1. The first-order chi connectivity index (χ1) is 12.2. The zero-order valence-electron chi connectivity index (χ0n) is 13.9. The van der Waals surface area contributed by atoms with Gasteiger partial charge in [-0.05, 0) is 42.3 Å². The molecule has 3 rings (SSSR count). The Morgan fingerprint density at radius 2 is 2.00 bits per heavy atom. The van der Waals surface area contributed by atoms with Crippen molar-refractivity contribution in [2.24, 2.45) is 0 Å². The van der Waals surface area contributed by atoms with Gasteiger partial charge in [0, 0.05) is 23.1 Å². The number of benzene rings is 2. The van der Waals surface area contributed by atoms with Gasteiger partial charge in [-0.25, -0.2) is 4.98 Å². The van der Waals surface area contributed by atoms with Crippen LogP contribution < -0.4 is 14.8 Å². The van der Waals surface area contributed by atoms with Crippen molar-refractivity contribution in [3.63, 3.8) is 0 Å². The summed E-state index contributed by atoms with van der Waals surface area (Å²) in [5.41, 5.74) is 2.12. The van der Waals surface area contributed by atoms with Gasteiger partial charge in [0.15, 0.2) is 16.6 Å². The molecule has 0 aliphatic rings. The lowest BCUT2D eigenvalue weighted by Crippen LogP contribution is -2.03. The maximum absolute atomic E-state index is 6.01. The molecule has 25 heavy (non-hydrogen) atoms. The molecule has 0 radical (unpaired) electrons. The first-order valence-electron chi connectivity index (χ1n) is 8.01. The molecule has 6 heteroatoms. The molecule has 0 amide bonds. The summed E-state index contributed by atoms with van der Waals surface area (Å²) in [4.78, 5) is 4.22. The van der Waals surface area contributed by atoms with Crippen molar-refractivity contribution in [3.8, 4) is 11.5 Å². The Morgan fingerprint density at radius 3 is 2.76 bits per heavy atom. The fourth-order valence-electron chi connectivity index (χ4n) is 2.33. The third-order valence-corrected chi connectivity index (χ3v) is 4.43. The molecule has 0 spiro atoms. The van der Waals surface area contributed by atoms with Gasteiger partial charge in [0.2, 0.25) is 0 Å². The van der Waals surface area contributed by atoms with Crippen LogP contribution in [0, 0.1) is 0 Å². The normalized spacial score (nSPS) is 10.5. The number of halogens is 1. The number of anilines is 1. The molecule has 0 aliphatic carbocycles. The standard InChI is InChI=1S/C19H19ClN2O2S/c1-2-23-18-11-14(12-22-19-21-8-9-25-19)6-7-17(18)24-13-15-4-3-5-16(20)10-15/h3-11H,2,12-13H2,1H3,(H,21,22). The number of hydrogen-bond donors (Lipinski definition) is 1. The first-order valence-corrected chi connectivity index (χ1v) is 9.26. The van der Waals surface area contributed by atoms with Crippen molar-refractivity contribution in [1.29, 1.82) is 0 Å². The molecule has 1 N–H and O–H groups in total. The molecule has 0 saturated heterocycles. The van der Waals surface area contributed by atoms with Gasteiger partial charge in [-0.1, -0.05) is 29.8 Å². The van der Waals surface area contributed by atoms with Crippen LogP contribution in [0.15, 0.2) is 54.0 Å². The minimum atomic E-state index is 0.442.